The molecule has 45 heavy (non-hydrogen) atoms. The summed E-state index contributed by atoms with van der Waals surface area (Å²) in [6.45, 7) is 17.8. The van der Waals surface area contributed by atoms with Crippen LogP contribution >= 0.6 is 0 Å². The van der Waals surface area contributed by atoms with Gasteiger partial charge in [0.15, 0.2) is 0 Å². The molecule has 5 rings (SSSR count). The number of imidazole rings is 1. The number of benzene rings is 4. The van der Waals surface area contributed by atoms with Crippen molar-refractivity contribution in [3.63, 3.8) is 0 Å². The molecule has 0 fully saturated rings. The maximum atomic E-state index is 4.91. The number of hydrogen-bond donors (Lipinski definition) is 1. The van der Waals surface area contributed by atoms with E-state index in [1.165, 1.54) is 55.5 Å². The first kappa shape index (κ1) is 36.2. The standard InChI is InChI=1S/C32H33BN2.C7H16N2.Pt/c1-20-16-22(3)30(23(4)17-20)33(31-24(5)18-21(2)19-25(31)6)27-14-12-26(13-15-27)32-34-28-10-8-9-11-29(28)35(32)7;1-6(8-3)5-7(2)9-4;/h8-19H,1-7H3;6,8H,5H2,1-4H3;/q;;+2. The molecule has 0 aliphatic carbocycles. The van der Waals surface area contributed by atoms with Crippen LogP contribution in [-0.4, -0.2) is 42.1 Å². The van der Waals surface area contributed by atoms with Gasteiger partial charge in [-0.25, -0.2) is 4.98 Å². The van der Waals surface area contributed by atoms with Crippen LogP contribution in [0.2, 0.25) is 0 Å². The van der Waals surface area contributed by atoms with Gasteiger partial charge in [0.1, 0.15) is 5.82 Å². The van der Waals surface area contributed by atoms with E-state index in [9.17, 15) is 0 Å². The van der Waals surface area contributed by atoms with Crippen LogP contribution in [0.4, 0.5) is 0 Å². The van der Waals surface area contributed by atoms with Crippen LogP contribution in [-0.2, 0) is 28.1 Å². The number of aryl methyl sites for hydroxylation is 7. The van der Waals surface area contributed by atoms with Gasteiger partial charge in [-0.3, -0.25) is 4.99 Å². The topological polar surface area (TPSA) is 42.2 Å². The van der Waals surface area contributed by atoms with Gasteiger partial charge in [-0.2, -0.15) is 0 Å². The van der Waals surface area contributed by atoms with Gasteiger partial charge in [-0.1, -0.05) is 110 Å². The third-order valence-electron chi connectivity index (χ3n) is 8.82. The molecule has 1 atom stereocenters. The fourth-order valence-electron chi connectivity index (χ4n) is 6.64. The summed E-state index contributed by atoms with van der Waals surface area (Å²) in [6, 6.07) is 27.2. The Morgan fingerprint density at radius 2 is 1.31 bits per heavy atom. The van der Waals surface area contributed by atoms with Gasteiger partial charge in [-0.05, 0) is 74.6 Å². The molecule has 236 valence electrons. The van der Waals surface area contributed by atoms with Gasteiger partial charge in [0.2, 0.25) is 6.71 Å². The Labute approximate surface area is 286 Å². The summed E-state index contributed by atoms with van der Waals surface area (Å²) in [5.74, 6) is 1.000. The molecule has 0 bridgehead atoms. The molecular formula is C39H49BN4Pt+2. The van der Waals surface area contributed by atoms with Crippen molar-refractivity contribution >= 4 is 39.8 Å². The minimum Gasteiger partial charge on any atom is -0.327 e. The quantitative estimate of drug-likeness (QED) is 0.148. The zero-order valence-corrected chi connectivity index (χ0v) is 31.2. The predicted octanol–water partition coefficient (Wildman–Crippen LogP) is 6.68. The first-order chi connectivity index (χ1) is 20.9. The Balaban J connectivity index is 0.000000484. The van der Waals surface area contributed by atoms with E-state index in [-0.39, 0.29) is 27.8 Å². The number of aromatic nitrogens is 2. The van der Waals surface area contributed by atoms with Crippen LogP contribution < -0.4 is 21.7 Å². The number of hydrogen-bond acceptors (Lipinski definition) is 3. The Kier molecular flexibility index (Phi) is 12.7. The first-order valence-electron chi connectivity index (χ1n) is 15.7. The van der Waals surface area contributed by atoms with E-state index in [1.54, 1.807) is 0 Å². The first-order valence-corrected chi connectivity index (χ1v) is 15.7. The van der Waals surface area contributed by atoms with Gasteiger partial charge >= 0.3 is 21.1 Å². The molecule has 1 aromatic heterocycles. The van der Waals surface area contributed by atoms with E-state index in [0.717, 1.165) is 28.8 Å². The van der Waals surface area contributed by atoms with Gasteiger partial charge in [0.05, 0.1) is 11.0 Å². The maximum absolute atomic E-state index is 4.91. The number of rotatable bonds is 7. The molecule has 0 saturated heterocycles. The summed E-state index contributed by atoms with van der Waals surface area (Å²) >= 11 is 0. The van der Waals surface area contributed by atoms with Crippen LogP contribution in [0.1, 0.15) is 53.6 Å². The van der Waals surface area contributed by atoms with Crippen molar-refractivity contribution in [3.05, 3.63) is 106 Å². The number of aliphatic imine (C=N–C) groups is 1. The van der Waals surface area contributed by atoms with E-state index < -0.39 is 0 Å². The molecule has 4 aromatic carbocycles. The second-order valence-electron chi connectivity index (χ2n) is 12.5. The largest absolute Gasteiger partial charge is 2.00 e. The van der Waals surface area contributed by atoms with E-state index in [0.29, 0.717) is 6.04 Å². The van der Waals surface area contributed by atoms with Gasteiger partial charge < -0.3 is 9.88 Å². The molecular weight excluding hydrogens is 730 g/mol. The molecule has 0 aliphatic rings. The molecule has 0 aliphatic heterocycles. The second kappa shape index (κ2) is 15.8. The van der Waals surface area contributed by atoms with E-state index in [4.69, 9.17) is 4.98 Å². The second-order valence-corrected chi connectivity index (χ2v) is 12.5. The fourth-order valence-corrected chi connectivity index (χ4v) is 6.64. The van der Waals surface area contributed by atoms with Gasteiger partial charge in [0, 0.05) is 37.8 Å². The molecule has 4 nitrogen and oxygen atoms in total. The molecule has 1 N–H and O–H groups in total. The monoisotopic (exact) mass is 779 g/mol. The van der Waals surface area contributed by atoms with Gasteiger partial charge in [0.25, 0.3) is 0 Å². The Morgan fingerprint density at radius 3 is 1.76 bits per heavy atom. The van der Waals surface area contributed by atoms with Crippen LogP contribution in [0, 0.1) is 41.5 Å². The average molecular weight is 780 g/mol. The zero-order chi connectivity index (χ0) is 32.1. The van der Waals surface area contributed by atoms with Crippen LogP contribution in [0.25, 0.3) is 22.4 Å². The Morgan fingerprint density at radius 1 is 0.822 bits per heavy atom. The molecule has 0 saturated carbocycles. The number of fused-ring (bicyclic) bond motifs is 1. The van der Waals surface area contributed by atoms with Crippen molar-refractivity contribution in [2.45, 2.75) is 67.9 Å². The third-order valence-corrected chi connectivity index (χ3v) is 8.82. The van der Waals surface area contributed by atoms with Crippen LogP contribution in [0.15, 0.2) is 77.8 Å². The normalized spacial score (nSPS) is 11.9. The smallest absolute Gasteiger partial charge is 0.327 e. The zero-order valence-electron chi connectivity index (χ0n) is 28.9. The minimum absolute atomic E-state index is 0. The molecule has 1 heterocycles. The predicted molar refractivity (Wildman–Crippen MR) is 194 cm³/mol. The summed E-state index contributed by atoms with van der Waals surface area (Å²) in [6.07, 6.45) is 1.05. The minimum atomic E-state index is 0. The number of nitrogens with one attached hydrogen (secondary N) is 1. The van der Waals surface area contributed by atoms with Crippen LogP contribution in [0.5, 0.6) is 0 Å². The molecule has 5 aromatic rings. The van der Waals surface area contributed by atoms with Crippen molar-refractivity contribution in [2.24, 2.45) is 12.0 Å². The Bertz CT molecular complexity index is 1680. The summed E-state index contributed by atoms with van der Waals surface area (Å²) in [4.78, 5) is 8.97. The average Bonchev–Trinajstić information content (AvgIpc) is 3.32. The molecule has 0 spiro atoms. The third kappa shape index (κ3) is 8.31. The summed E-state index contributed by atoms with van der Waals surface area (Å²) < 4.78 is 2.18. The van der Waals surface area contributed by atoms with Crippen molar-refractivity contribution in [2.75, 3.05) is 14.1 Å². The van der Waals surface area contributed by atoms with Crippen LogP contribution in [0.3, 0.4) is 0 Å². The fraction of sp³-hybridized carbons (Fsp3) is 0.333. The molecule has 0 amide bonds. The summed E-state index contributed by atoms with van der Waals surface area (Å²) in [7, 11) is 5.89. The van der Waals surface area contributed by atoms with E-state index in [2.05, 4.69) is 137 Å². The number of para-hydroxylation sites is 2. The summed E-state index contributed by atoms with van der Waals surface area (Å²) in [5.41, 5.74) is 16.7. The maximum Gasteiger partial charge on any atom is 2.00 e. The summed E-state index contributed by atoms with van der Waals surface area (Å²) in [5, 5.41) is 3.15. The molecule has 1 unspecified atom stereocenters. The molecule has 0 radical (unpaired) electrons. The van der Waals surface area contributed by atoms with E-state index >= 15 is 0 Å². The van der Waals surface area contributed by atoms with E-state index in [1.807, 2.05) is 27.1 Å². The SMILES string of the molecule is CN=C(C)CC(C)NC.Cc1cc(C)c(B(c2ccc(-c3nc4ccccc4n3C)cc2)c2c(C)cc(C)cc2C)c(C)c1.[Pt+2]. The van der Waals surface area contributed by atoms with Crippen molar-refractivity contribution in [1.82, 2.24) is 14.9 Å². The van der Waals surface area contributed by atoms with Crippen molar-refractivity contribution < 1.29 is 21.1 Å². The molecule has 6 heteroatoms. The van der Waals surface area contributed by atoms with Gasteiger partial charge in [-0.15, -0.1) is 0 Å². The van der Waals surface area contributed by atoms with Crippen molar-refractivity contribution in [1.29, 1.82) is 0 Å². The number of nitrogens with zero attached hydrogens (tertiary/aromatic N) is 3. The Hall–Kier alpha value is -3.27. The van der Waals surface area contributed by atoms with Crippen molar-refractivity contribution in [3.8, 4) is 11.4 Å².